The fourth-order valence-electron chi connectivity index (χ4n) is 4.75. The number of carbonyl (C=O) groups excluding carboxylic acids is 2. The molecule has 1 aliphatic rings. The van der Waals surface area contributed by atoms with Crippen LogP contribution >= 0.6 is 0 Å². The molecule has 0 unspecified atom stereocenters. The van der Waals surface area contributed by atoms with Gasteiger partial charge in [0.25, 0.3) is 5.91 Å². The van der Waals surface area contributed by atoms with Gasteiger partial charge in [-0.2, -0.15) is 10.2 Å². The molecule has 9 heteroatoms. The van der Waals surface area contributed by atoms with E-state index in [0.29, 0.717) is 23.8 Å². The normalized spacial score (nSPS) is 18.9. The number of aromatic nitrogens is 5. The Labute approximate surface area is 200 Å². The van der Waals surface area contributed by atoms with Crippen LogP contribution in [0.15, 0.2) is 36.8 Å². The molecular weight excluding hydrogens is 430 g/mol. The van der Waals surface area contributed by atoms with E-state index in [-0.39, 0.29) is 17.7 Å². The SMILES string of the molecule is CCn1nccc1C(=O)N[C@H](C(=O)Nc1ccc(-c2c(C)cnn2C)nc1)[C@H]1CC[C@H](C)CC1. The summed E-state index contributed by atoms with van der Waals surface area (Å²) >= 11 is 0. The first kappa shape index (κ1) is 23.7. The van der Waals surface area contributed by atoms with Crippen molar-refractivity contribution in [1.82, 2.24) is 29.9 Å². The van der Waals surface area contributed by atoms with Crippen LogP contribution in [0, 0.1) is 18.8 Å². The second-order valence-corrected chi connectivity index (χ2v) is 9.22. The largest absolute Gasteiger partial charge is 0.339 e. The molecule has 4 rings (SSSR count). The van der Waals surface area contributed by atoms with Crippen LogP contribution in [-0.4, -0.2) is 42.4 Å². The minimum Gasteiger partial charge on any atom is -0.339 e. The van der Waals surface area contributed by atoms with Gasteiger partial charge in [0, 0.05) is 19.8 Å². The highest BCUT2D eigenvalue weighted by molar-refractivity contribution is 6.00. The molecule has 9 nitrogen and oxygen atoms in total. The molecule has 3 aromatic rings. The molecule has 1 fully saturated rings. The topological polar surface area (TPSA) is 107 Å². The lowest BCUT2D eigenvalue weighted by atomic mass is 9.79. The molecule has 0 aliphatic heterocycles. The van der Waals surface area contributed by atoms with E-state index in [4.69, 9.17) is 0 Å². The minimum atomic E-state index is -0.626. The summed E-state index contributed by atoms with van der Waals surface area (Å²) in [5, 5.41) is 14.4. The summed E-state index contributed by atoms with van der Waals surface area (Å²) < 4.78 is 3.42. The molecule has 1 aliphatic carbocycles. The summed E-state index contributed by atoms with van der Waals surface area (Å²) in [6.45, 7) is 6.74. The Morgan fingerprint density at radius 1 is 1.12 bits per heavy atom. The molecule has 34 heavy (non-hydrogen) atoms. The number of anilines is 1. The van der Waals surface area contributed by atoms with Crippen molar-refractivity contribution in [2.75, 3.05) is 5.32 Å². The van der Waals surface area contributed by atoms with Crippen molar-refractivity contribution in [1.29, 1.82) is 0 Å². The lowest BCUT2D eigenvalue weighted by Gasteiger charge is -2.32. The fourth-order valence-corrected chi connectivity index (χ4v) is 4.75. The first-order valence-electron chi connectivity index (χ1n) is 12.0. The van der Waals surface area contributed by atoms with Crippen molar-refractivity contribution in [3.05, 3.63) is 48.0 Å². The Morgan fingerprint density at radius 2 is 1.88 bits per heavy atom. The van der Waals surface area contributed by atoms with E-state index in [9.17, 15) is 9.59 Å². The number of nitrogens with one attached hydrogen (secondary N) is 2. The van der Waals surface area contributed by atoms with E-state index in [1.807, 2.05) is 33.0 Å². The lowest BCUT2D eigenvalue weighted by molar-refractivity contribution is -0.119. The molecule has 1 atom stereocenters. The summed E-state index contributed by atoms with van der Waals surface area (Å²) in [6, 6.07) is 4.76. The maximum Gasteiger partial charge on any atom is 0.270 e. The third kappa shape index (κ3) is 5.03. The third-order valence-corrected chi connectivity index (χ3v) is 6.75. The van der Waals surface area contributed by atoms with Gasteiger partial charge in [-0.1, -0.05) is 19.8 Å². The summed E-state index contributed by atoms with van der Waals surface area (Å²) in [5.41, 5.74) is 3.81. The molecule has 0 radical (unpaired) electrons. The van der Waals surface area contributed by atoms with Gasteiger partial charge >= 0.3 is 0 Å². The van der Waals surface area contributed by atoms with E-state index in [0.717, 1.165) is 42.6 Å². The van der Waals surface area contributed by atoms with Gasteiger partial charge in [-0.05, 0) is 62.3 Å². The number of aryl methyl sites for hydroxylation is 3. The summed E-state index contributed by atoms with van der Waals surface area (Å²) in [5.74, 6) is 0.229. The van der Waals surface area contributed by atoms with Gasteiger partial charge in [0.15, 0.2) is 0 Å². The standard InChI is InChI=1S/C25H33N7O2/c1-5-32-21(12-13-27-32)24(33)30-22(18-8-6-16(2)7-9-18)25(34)29-19-10-11-20(26-15-19)23-17(3)14-28-31(23)4/h10-16,18,22H,5-9H2,1-4H3,(H,29,34)(H,30,33)/t16-,18-,22-/m0/s1. The van der Waals surface area contributed by atoms with Crippen molar-refractivity contribution >= 4 is 17.5 Å². The van der Waals surface area contributed by atoms with Crippen LogP contribution in [0.2, 0.25) is 0 Å². The van der Waals surface area contributed by atoms with Crippen molar-refractivity contribution in [3.63, 3.8) is 0 Å². The van der Waals surface area contributed by atoms with Gasteiger partial charge in [-0.15, -0.1) is 0 Å². The van der Waals surface area contributed by atoms with Gasteiger partial charge in [-0.3, -0.25) is 23.9 Å². The zero-order valence-electron chi connectivity index (χ0n) is 20.3. The molecule has 2 amide bonds. The van der Waals surface area contributed by atoms with Gasteiger partial charge in [-0.25, -0.2) is 0 Å². The fraction of sp³-hybridized carbons (Fsp3) is 0.480. The minimum absolute atomic E-state index is 0.0856. The van der Waals surface area contributed by atoms with Gasteiger partial charge in [0.2, 0.25) is 5.91 Å². The molecule has 0 spiro atoms. The van der Waals surface area contributed by atoms with Crippen molar-refractivity contribution in [2.24, 2.45) is 18.9 Å². The second-order valence-electron chi connectivity index (χ2n) is 9.22. The lowest BCUT2D eigenvalue weighted by Crippen LogP contribution is -2.49. The molecule has 0 saturated heterocycles. The van der Waals surface area contributed by atoms with Gasteiger partial charge in [0.05, 0.1) is 29.5 Å². The van der Waals surface area contributed by atoms with Crippen LogP contribution in [0.5, 0.6) is 0 Å². The van der Waals surface area contributed by atoms with E-state index < -0.39 is 6.04 Å². The van der Waals surface area contributed by atoms with Crippen LogP contribution < -0.4 is 10.6 Å². The van der Waals surface area contributed by atoms with E-state index in [2.05, 4.69) is 32.7 Å². The van der Waals surface area contributed by atoms with Crippen LogP contribution in [0.1, 0.15) is 55.6 Å². The molecule has 1 saturated carbocycles. The Bertz CT molecular complexity index is 1120. The summed E-state index contributed by atoms with van der Waals surface area (Å²) in [4.78, 5) is 30.9. The first-order chi connectivity index (χ1) is 16.4. The monoisotopic (exact) mass is 463 g/mol. The van der Waals surface area contributed by atoms with Crippen molar-refractivity contribution in [3.8, 4) is 11.4 Å². The van der Waals surface area contributed by atoms with Crippen molar-refractivity contribution < 1.29 is 9.59 Å². The quantitative estimate of drug-likeness (QED) is 0.557. The number of hydrogen-bond acceptors (Lipinski definition) is 5. The molecular formula is C25H33N7O2. The predicted octanol–water partition coefficient (Wildman–Crippen LogP) is 3.57. The maximum absolute atomic E-state index is 13.4. The Kier molecular flexibility index (Phi) is 7.09. The maximum atomic E-state index is 13.4. The number of rotatable bonds is 7. The molecule has 3 aromatic heterocycles. The average molecular weight is 464 g/mol. The molecule has 180 valence electrons. The smallest absolute Gasteiger partial charge is 0.270 e. The van der Waals surface area contributed by atoms with E-state index >= 15 is 0 Å². The zero-order chi connectivity index (χ0) is 24.2. The number of nitrogens with zero attached hydrogens (tertiary/aromatic N) is 5. The molecule has 0 bridgehead atoms. The van der Waals surface area contributed by atoms with Crippen LogP contribution in [0.4, 0.5) is 5.69 Å². The van der Waals surface area contributed by atoms with Gasteiger partial charge < -0.3 is 10.6 Å². The zero-order valence-corrected chi connectivity index (χ0v) is 20.3. The Hall–Kier alpha value is -3.49. The van der Waals surface area contributed by atoms with Crippen molar-refractivity contribution in [2.45, 2.75) is 59.0 Å². The van der Waals surface area contributed by atoms with Crippen LogP contribution in [0.25, 0.3) is 11.4 Å². The number of hydrogen-bond donors (Lipinski definition) is 2. The molecule has 3 heterocycles. The van der Waals surface area contributed by atoms with Gasteiger partial charge in [0.1, 0.15) is 11.7 Å². The number of amides is 2. The third-order valence-electron chi connectivity index (χ3n) is 6.75. The van der Waals surface area contributed by atoms with Crippen LogP contribution in [0.3, 0.4) is 0 Å². The van der Waals surface area contributed by atoms with E-state index in [1.165, 1.54) is 0 Å². The highest BCUT2D eigenvalue weighted by atomic mass is 16.2. The highest BCUT2D eigenvalue weighted by Gasteiger charge is 2.33. The van der Waals surface area contributed by atoms with Crippen LogP contribution in [-0.2, 0) is 18.4 Å². The second kappa shape index (κ2) is 10.2. The summed E-state index contributed by atoms with van der Waals surface area (Å²) in [6.07, 6.45) is 8.97. The molecule has 2 N–H and O–H groups in total. The highest BCUT2D eigenvalue weighted by Crippen LogP contribution is 2.31. The average Bonchev–Trinajstić information content (AvgIpc) is 3.45. The number of carbonyl (C=O) groups is 2. The summed E-state index contributed by atoms with van der Waals surface area (Å²) in [7, 11) is 1.88. The Balaban J connectivity index is 1.51. The Morgan fingerprint density at radius 3 is 2.50 bits per heavy atom. The predicted molar refractivity (Wildman–Crippen MR) is 130 cm³/mol. The van der Waals surface area contributed by atoms with E-state index in [1.54, 1.807) is 34.0 Å². The first-order valence-corrected chi connectivity index (χ1v) is 12.0. The number of pyridine rings is 1. The molecule has 0 aromatic carbocycles.